The summed E-state index contributed by atoms with van der Waals surface area (Å²) < 4.78 is 18.3. The van der Waals surface area contributed by atoms with Gasteiger partial charge in [0, 0.05) is 13.1 Å². The van der Waals surface area contributed by atoms with Crippen molar-refractivity contribution in [2.45, 2.75) is 0 Å². The Balaban J connectivity index is 2.76. The number of anilines is 1. The molecule has 1 N–H and O–H groups in total. The Morgan fingerprint density at radius 2 is 2.38 bits per heavy atom. The zero-order chi connectivity index (χ0) is 9.68. The Labute approximate surface area is 77.0 Å². The first-order chi connectivity index (χ1) is 6.27. The van der Waals surface area contributed by atoms with Crippen LogP contribution in [0.2, 0.25) is 0 Å². The van der Waals surface area contributed by atoms with E-state index in [2.05, 4.69) is 11.9 Å². The number of rotatable bonds is 4. The first-order valence-corrected chi connectivity index (χ1v) is 3.99. The van der Waals surface area contributed by atoms with E-state index in [0.717, 1.165) is 0 Å². The van der Waals surface area contributed by atoms with Crippen LogP contribution in [0.5, 0.6) is 5.75 Å². The molecule has 0 saturated heterocycles. The fourth-order valence-corrected chi connectivity index (χ4v) is 0.944. The lowest BCUT2D eigenvalue weighted by Crippen LogP contribution is -1.96. The summed E-state index contributed by atoms with van der Waals surface area (Å²) in [6.07, 6.45) is 1.61. The summed E-state index contributed by atoms with van der Waals surface area (Å²) in [5.41, 5.74) is 0.464. The fraction of sp³-hybridized carbons (Fsp3) is 0.200. The third-order valence-corrected chi connectivity index (χ3v) is 1.58. The molecule has 3 heteroatoms. The van der Waals surface area contributed by atoms with E-state index in [1.54, 1.807) is 25.3 Å². The van der Waals surface area contributed by atoms with Gasteiger partial charge in [0.1, 0.15) is 18.2 Å². The maximum absolute atomic E-state index is 13.1. The quantitative estimate of drug-likeness (QED) is 0.720. The molecule has 0 aliphatic rings. The van der Waals surface area contributed by atoms with Crippen molar-refractivity contribution in [2.75, 3.05) is 19.0 Å². The molecular weight excluding hydrogens is 169 g/mol. The summed E-state index contributed by atoms with van der Waals surface area (Å²) in [5, 5.41) is 2.73. The highest BCUT2D eigenvalue weighted by atomic mass is 19.1. The first-order valence-electron chi connectivity index (χ1n) is 3.99. The Morgan fingerprint density at radius 1 is 1.62 bits per heavy atom. The van der Waals surface area contributed by atoms with E-state index in [-0.39, 0.29) is 5.82 Å². The molecule has 2 nitrogen and oxygen atoms in total. The van der Waals surface area contributed by atoms with Crippen LogP contribution in [0.1, 0.15) is 0 Å². The van der Waals surface area contributed by atoms with Crippen LogP contribution in [0.4, 0.5) is 10.1 Å². The van der Waals surface area contributed by atoms with Gasteiger partial charge >= 0.3 is 0 Å². The van der Waals surface area contributed by atoms with Crippen LogP contribution in [-0.2, 0) is 0 Å². The number of benzene rings is 1. The van der Waals surface area contributed by atoms with Crippen molar-refractivity contribution in [2.24, 2.45) is 0 Å². The summed E-state index contributed by atoms with van der Waals surface area (Å²) >= 11 is 0. The minimum absolute atomic E-state index is 0.316. The number of halogens is 1. The Bertz CT molecular complexity index is 299. The van der Waals surface area contributed by atoms with Crippen LogP contribution in [0.15, 0.2) is 30.9 Å². The lowest BCUT2D eigenvalue weighted by molar-refractivity contribution is 0.361. The van der Waals surface area contributed by atoms with Crippen molar-refractivity contribution in [1.82, 2.24) is 0 Å². The van der Waals surface area contributed by atoms with Crippen molar-refractivity contribution in [3.63, 3.8) is 0 Å². The molecule has 0 bridgehead atoms. The molecule has 0 heterocycles. The minimum Gasteiger partial charge on any atom is -0.489 e. The predicted molar refractivity (Wildman–Crippen MR) is 51.6 cm³/mol. The van der Waals surface area contributed by atoms with Gasteiger partial charge < -0.3 is 10.1 Å². The lowest BCUT2D eigenvalue weighted by Gasteiger charge is -2.05. The first kappa shape index (κ1) is 9.58. The lowest BCUT2D eigenvalue weighted by atomic mass is 10.3. The topological polar surface area (TPSA) is 21.3 Å². The molecule has 0 aliphatic heterocycles. The van der Waals surface area contributed by atoms with Gasteiger partial charge in [0.2, 0.25) is 0 Å². The van der Waals surface area contributed by atoms with Crippen molar-refractivity contribution < 1.29 is 9.13 Å². The van der Waals surface area contributed by atoms with E-state index >= 15 is 0 Å². The van der Waals surface area contributed by atoms with Crippen molar-refractivity contribution in [3.05, 3.63) is 36.7 Å². The van der Waals surface area contributed by atoms with Gasteiger partial charge in [0.05, 0.1) is 5.69 Å². The van der Waals surface area contributed by atoms with Gasteiger partial charge in [0.25, 0.3) is 0 Å². The summed E-state index contributed by atoms with van der Waals surface area (Å²) in [4.78, 5) is 0. The van der Waals surface area contributed by atoms with Crippen LogP contribution in [0.3, 0.4) is 0 Å². The molecule has 0 atom stereocenters. The molecule has 0 amide bonds. The van der Waals surface area contributed by atoms with E-state index in [9.17, 15) is 4.39 Å². The van der Waals surface area contributed by atoms with Crippen LogP contribution in [-0.4, -0.2) is 13.7 Å². The Morgan fingerprint density at radius 3 is 2.92 bits per heavy atom. The second-order valence-electron chi connectivity index (χ2n) is 2.49. The smallest absolute Gasteiger partial charge is 0.149 e. The third-order valence-electron chi connectivity index (χ3n) is 1.58. The van der Waals surface area contributed by atoms with Gasteiger partial charge in [0.15, 0.2) is 0 Å². The van der Waals surface area contributed by atoms with Gasteiger partial charge in [-0.05, 0) is 12.1 Å². The molecule has 0 aliphatic carbocycles. The molecule has 1 rings (SSSR count). The largest absolute Gasteiger partial charge is 0.489 e. The van der Waals surface area contributed by atoms with Gasteiger partial charge in [-0.25, -0.2) is 4.39 Å². The molecule has 1 aromatic carbocycles. The molecule has 0 unspecified atom stereocenters. The van der Waals surface area contributed by atoms with E-state index < -0.39 is 0 Å². The predicted octanol–water partition coefficient (Wildman–Crippen LogP) is 2.43. The van der Waals surface area contributed by atoms with Crippen molar-refractivity contribution in [3.8, 4) is 5.75 Å². The van der Waals surface area contributed by atoms with E-state index in [1.807, 2.05) is 0 Å². The van der Waals surface area contributed by atoms with Crippen molar-refractivity contribution in [1.29, 1.82) is 0 Å². The minimum atomic E-state index is -0.316. The molecule has 0 aromatic heterocycles. The molecular formula is C10H12FNO. The molecule has 0 spiro atoms. The highest BCUT2D eigenvalue weighted by molar-refractivity contribution is 5.47. The maximum Gasteiger partial charge on any atom is 0.149 e. The van der Waals surface area contributed by atoms with E-state index in [1.165, 1.54) is 6.07 Å². The van der Waals surface area contributed by atoms with Crippen LogP contribution in [0.25, 0.3) is 0 Å². The summed E-state index contributed by atoms with van der Waals surface area (Å²) in [6, 6.07) is 4.68. The highest BCUT2D eigenvalue weighted by Gasteiger charge is 2.01. The van der Waals surface area contributed by atoms with Crippen LogP contribution in [0, 0.1) is 5.82 Å². The van der Waals surface area contributed by atoms with Crippen LogP contribution >= 0.6 is 0 Å². The molecule has 0 radical (unpaired) electrons. The molecule has 13 heavy (non-hydrogen) atoms. The summed E-state index contributed by atoms with van der Waals surface area (Å²) in [5.74, 6) is 0.195. The van der Waals surface area contributed by atoms with E-state index in [0.29, 0.717) is 18.0 Å². The maximum atomic E-state index is 13.1. The van der Waals surface area contributed by atoms with Crippen LogP contribution < -0.4 is 10.1 Å². The summed E-state index contributed by atoms with van der Waals surface area (Å²) in [6.45, 7) is 3.89. The zero-order valence-electron chi connectivity index (χ0n) is 7.51. The molecule has 0 saturated carbocycles. The van der Waals surface area contributed by atoms with Gasteiger partial charge in [-0.1, -0.05) is 12.7 Å². The summed E-state index contributed by atoms with van der Waals surface area (Å²) in [7, 11) is 1.67. The SMILES string of the molecule is C=CCOc1ccc(NC)c(F)c1. The number of nitrogens with one attached hydrogen (secondary N) is 1. The standard InChI is InChI=1S/C10H12FNO/c1-3-6-13-8-4-5-10(12-2)9(11)7-8/h3-5,7,12H,1,6H2,2H3. The zero-order valence-corrected chi connectivity index (χ0v) is 7.51. The Hall–Kier alpha value is -1.51. The second kappa shape index (κ2) is 4.50. The molecule has 1 aromatic rings. The van der Waals surface area contributed by atoms with Crippen molar-refractivity contribution >= 4 is 5.69 Å². The van der Waals surface area contributed by atoms with Gasteiger partial charge in [-0.2, -0.15) is 0 Å². The number of ether oxygens (including phenoxy) is 1. The fourth-order valence-electron chi connectivity index (χ4n) is 0.944. The third kappa shape index (κ3) is 2.47. The molecule has 70 valence electrons. The monoisotopic (exact) mass is 181 g/mol. The van der Waals surface area contributed by atoms with E-state index in [4.69, 9.17) is 4.74 Å². The normalized spacial score (nSPS) is 9.38. The number of hydrogen-bond acceptors (Lipinski definition) is 2. The van der Waals surface area contributed by atoms with Gasteiger partial charge in [-0.3, -0.25) is 0 Å². The molecule has 0 fully saturated rings. The average molecular weight is 181 g/mol. The second-order valence-corrected chi connectivity index (χ2v) is 2.49. The van der Waals surface area contributed by atoms with Gasteiger partial charge in [-0.15, -0.1) is 0 Å². The highest BCUT2D eigenvalue weighted by Crippen LogP contribution is 2.19. The number of hydrogen-bond donors (Lipinski definition) is 1. The average Bonchev–Trinajstić information content (AvgIpc) is 2.15. The Kier molecular flexibility index (Phi) is 3.31.